The maximum absolute atomic E-state index is 5.29. The summed E-state index contributed by atoms with van der Waals surface area (Å²) >= 11 is 0. The standard InChI is InChI=1S/C15H19NO/c1-11(2)5-6-12-10-16(3)15-8-7-13(17-4)9-14(12)15/h7-10H,1,5-6H2,2-4H3. The Labute approximate surface area is 103 Å². The Hall–Kier alpha value is -1.70. The van der Waals surface area contributed by atoms with Crippen LogP contribution in [-0.2, 0) is 13.5 Å². The first-order valence-corrected chi connectivity index (χ1v) is 5.88. The van der Waals surface area contributed by atoms with Crippen LogP contribution < -0.4 is 4.74 Å². The Morgan fingerprint density at radius 1 is 1.41 bits per heavy atom. The second-order valence-electron chi connectivity index (χ2n) is 4.61. The van der Waals surface area contributed by atoms with E-state index in [1.54, 1.807) is 7.11 Å². The minimum absolute atomic E-state index is 0.917. The van der Waals surface area contributed by atoms with Gasteiger partial charge in [0.15, 0.2) is 0 Å². The van der Waals surface area contributed by atoms with Crippen molar-refractivity contribution in [2.75, 3.05) is 7.11 Å². The molecule has 2 rings (SSSR count). The molecule has 0 atom stereocenters. The van der Waals surface area contributed by atoms with Gasteiger partial charge in [-0.15, -0.1) is 6.58 Å². The predicted octanol–water partition coefficient (Wildman–Crippen LogP) is 3.70. The van der Waals surface area contributed by atoms with E-state index in [-0.39, 0.29) is 0 Å². The normalized spacial score (nSPS) is 10.8. The van der Waals surface area contributed by atoms with Crippen LogP contribution in [0.4, 0.5) is 0 Å². The number of nitrogens with zero attached hydrogens (tertiary/aromatic N) is 1. The molecule has 2 aromatic rings. The molecule has 0 aliphatic heterocycles. The summed E-state index contributed by atoms with van der Waals surface area (Å²) in [6.45, 7) is 6.03. The minimum atomic E-state index is 0.917. The Morgan fingerprint density at radius 2 is 2.18 bits per heavy atom. The summed E-state index contributed by atoms with van der Waals surface area (Å²) in [5.74, 6) is 0.917. The van der Waals surface area contributed by atoms with Crippen molar-refractivity contribution >= 4 is 10.9 Å². The minimum Gasteiger partial charge on any atom is -0.497 e. The summed E-state index contributed by atoms with van der Waals surface area (Å²) < 4.78 is 7.45. The molecule has 90 valence electrons. The number of rotatable bonds is 4. The smallest absolute Gasteiger partial charge is 0.119 e. The van der Waals surface area contributed by atoms with Crippen molar-refractivity contribution < 1.29 is 4.74 Å². The first kappa shape index (κ1) is 11.8. The highest BCUT2D eigenvalue weighted by Crippen LogP contribution is 2.26. The van der Waals surface area contributed by atoms with Gasteiger partial charge in [0, 0.05) is 24.1 Å². The predicted molar refractivity (Wildman–Crippen MR) is 72.6 cm³/mol. The van der Waals surface area contributed by atoms with E-state index in [1.165, 1.54) is 22.0 Å². The average Bonchev–Trinajstić information content (AvgIpc) is 2.63. The van der Waals surface area contributed by atoms with Crippen LogP contribution in [0.3, 0.4) is 0 Å². The van der Waals surface area contributed by atoms with E-state index in [1.807, 2.05) is 6.07 Å². The number of aryl methyl sites for hydroxylation is 2. The highest BCUT2D eigenvalue weighted by molar-refractivity contribution is 5.85. The third-order valence-electron chi connectivity index (χ3n) is 3.10. The third kappa shape index (κ3) is 2.36. The molecule has 0 unspecified atom stereocenters. The summed E-state index contributed by atoms with van der Waals surface area (Å²) in [5.41, 5.74) is 3.84. The number of allylic oxidation sites excluding steroid dienone is 1. The van der Waals surface area contributed by atoms with Gasteiger partial charge in [0.1, 0.15) is 5.75 Å². The number of aromatic nitrogens is 1. The fourth-order valence-electron chi connectivity index (χ4n) is 2.13. The van der Waals surface area contributed by atoms with Crippen LogP contribution in [0, 0.1) is 0 Å². The molecule has 0 fully saturated rings. The molecule has 0 bridgehead atoms. The molecule has 0 N–H and O–H groups in total. The first-order chi connectivity index (χ1) is 8.11. The van der Waals surface area contributed by atoms with Gasteiger partial charge in [-0.05, 0) is 43.5 Å². The summed E-state index contributed by atoms with van der Waals surface area (Å²) in [5, 5.41) is 1.29. The molecule has 2 nitrogen and oxygen atoms in total. The lowest BCUT2D eigenvalue weighted by Crippen LogP contribution is -1.85. The van der Waals surface area contributed by atoms with Gasteiger partial charge in [0.05, 0.1) is 7.11 Å². The zero-order valence-electron chi connectivity index (χ0n) is 10.8. The molecular weight excluding hydrogens is 210 g/mol. The van der Waals surface area contributed by atoms with Gasteiger partial charge in [-0.25, -0.2) is 0 Å². The maximum atomic E-state index is 5.29. The van der Waals surface area contributed by atoms with Crippen LogP contribution in [0.25, 0.3) is 10.9 Å². The van der Waals surface area contributed by atoms with E-state index >= 15 is 0 Å². The molecule has 0 aliphatic rings. The Morgan fingerprint density at radius 3 is 2.82 bits per heavy atom. The second-order valence-corrected chi connectivity index (χ2v) is 4.61. The van der Waals surface area contributed by atoms with Gasteiger partial charge in [-0.2, -0.15) is 0 Å². The fourth-order valence-corrected chi connectivity index (χ4v) is 2.13. The average molecular weight is 229 g/mol. The van der Waals surface area contributed by atoms with Crippen LogP contribution in [0.1, 0.15) is 18.9 Å². The zero-order chi connectivity index (χ0) is 12.4. The SMILES string of the molecule is C=C(C)CCc1cn(C)c2ccc(OC)cc12. The summed E-state index contributed by atoms with van der Waals surface area (Å²) in [7, 11) is 3.79. The topological polar surface area (TPSA) is 14.2 Å². The van der Waals surface area contributed by atoms with Gasteiger partial charge < -0.3 is 9.30 Å². The number of hydrogen-bond donors (Lipinski definition) is 0. The molecule has 1 heterocycles. The van der Waals surface area contributed by atoms with E-state index in [0.29, 0.717) is 0 Å². The molecule has 17 heavy (non-hydrogen) atoms. The van der Waals surface area contributed by atoms with Crippen molar-refractivity contribution in [3.63, 3.8) is 0 Å². The van der Waals surface area contributed by atoms with Crippen LogP contribution >= 0.6 is 0 Å². The van der Waals surface area contributed by atoms with Gasteiger partial charge >= 0.3 is 0 Å². The monoisotopic (exact) mass is 229 g/mol. The summed E-state index contributed by atoms with van der Waals surface area (Å²) in [6, 6.07) is 6.23. The van der Waals surface area contributed by atoms with Crippen molar-refractivity contribution in [1.82, 2.24) is 4.57 Å². The molecule has 0 radical (unpaired) electrons. The van der Waals surface area contributed by atoms with E-state index in [9.17, 15) is 0 Å². The van der Waals surface area contributed by atoms with E-state index < -0.39 is 0 Å². The highest BCUT2D eigenvalue weighted by Gasteiger charge is 2.07. The Bertz CT molecular complexity index is 551. The lowest BCUT2D eigenvalue weighted by Gasteiger charge is -2.02. The summed E-state index contributed by atoms with van der Waals surface area (Å²) in [4.78, 5) is 0. The number of methoxy groups -OCH3 is 1. The molecule has 0 saturated heterocycles. The summed E-state index contributed by atoms with van der Waals surface area (Å²) in [6.07, 6.45) is 4.28. The van der Waals surface area contributed by atoms with Crippen molar-refractivity contribution in [2.24, 2.45) is 7.05 Å². The van der Waals surface area contributed by atoms with Crippen molar-refractivity contribution in [2.45, 2.75) is 19.8 Å². The lowest BCUT2D eigenvalue weighted by atomic mass is 10.1. The quantitative estimate of drug-likeness (QED) is 0.729. The third-order valence-corrected chi connectivity index (χ3v) is 3.10. The zero-order valence-corrected chi connectivity index (χ0v) is 10.8. The fraction of sp³-hybridized carbons (Fsp3) is 0.333. The molecule has 0 spiro atoms. The van der Waals surface area contributed by atoms with Gasteiger partial charge in [0.25, 0.3) is 0 Å². The van der Waals surface area contributed by atoms with Gasteiger partial charge in [-0.3, -0.25) is 0 Å². The Kier molecular flexibility index (Phi) is 3.23. The van der Waals surface area contributed by atoms with Crippen LogP contribution in [-0.4, -0.2) is 11.7 Å². The number of ether oxygens (including phenoxy) is 1. The molecule has 2 heteroatoms. The largest absolute Gasteiger partial charge is 0.497 e. The molecule has 0 amide bonds. The highest BCUT2D eigenvalue weighted by atomic mass is 16.5. The van der Waals surface area contributed by atoms with Crippen LogP contribution in [0.2, 0.25) is 0 Å². The molecule has 0 saturated carbocycles. The number of benzene rings is 1. The van der Waals surface area contributed by atoms with E-state index in [0.717, 1.165) is 18.6 Å². The number of hydrogen-bond acceptors (Lipinski definition) is 1. The molecule has 1 aromatic carbocycles. The van der Waals surface area contributed by atoms with Crippen LogP contribution in [0.15, 0.2) is 36.5 Å². The van der Waals surface area contributed by atoms with E-state index in [2.05, 4.69) is 43.4 Å². The Balaban J connectivity index is 2.43. The van der Waals surface area contributed by atoms with Crippen molar-refractivity contribution in [3.05, 3.63) is 42.1 Å². The van der Waals surface area contributed by atoms with Crippen molar-refractivity contribution in [1.29, 1.82) is 0 Å². The number of fused-ring (bicyclic) bond motifs is 1. The van der Waals surface area contributed by atoms with Crippen molar-refractivity contribution in [3.8, 4) is 5.75 Å². The lowest BCUT2D eigenvalue weighted by molar-refractivity contribution is 0.415. The molecule has 1 aromatic heterocycles. The molecular formula is C15H19NO. The van der Waals surface area contributed by atoms with Crippen LogP contribution in [0.5, 0.6) is 5.75 Å². The maximum Gasteiger partial charge on any atom is 0.119 e. The van der Waals surface area contributed by atoms with Gasteiger partial charge in [0.2, 0.25) is 0 Å². The first-order valence-electron chi connectivity index (χ1n) is 5.88. The second kappa shape index (κ2) is 4.66. The van der Waals surface area contributed by atoms with Gasteiger partial charge in [-0.1, -0.05) is 5.57 Å². The van der Waals surface area contributed by atoms with E-state index in [4.69, 9.17) is 4.74 Å². The molecule has 0 aliphatic carbocycles.